The van der Waals surface area contributed by atoms with E-state index in [-0.39, 0.29) is 18.2 Å². The topological polar surface area (TPSA) is 76.0 Å². The SMILES string of the molecule is CCCCCC=CCC=CC[C@H]1O[C@@H](C(O)CCCC(=O)OC)CC1O. The highest BCUT2D eigenvalue weighted by Crippen LogP contribution is 2.27. The Kier molecular flexibility index (Phi) is 12.3. The first kappa shape index (κ1) is 22.9. The number of carbonyl (C=O) groups excluding carboxylic acids is 1. The molecule has 1 fully saturated rings. The Labute approximate surface area is 158 Å². The van der Waals surface area contributed by atoms with Crippen molar-refractivity contribution >= 4 is 5.97 Å². The first-order valence-corrected chi connectivity index (χ1v) is 9.96. The van der Waals surface area contributed by atoms with Crippen LogP contribution in [0.2, 0.25) is 0 Å². The number of hydrogen-bond acceptors (Lipinski definition) is 5. The van der Waals surface area contributed by atoms with Crippen LogP contribution in [0.5, 0.6) is 0 Å². The molecule has 1 aliphatic heterocycles. The van der Waals surface area contributed by atoms with Crippen LogP contribution in [0, 0.1) is 0 Å². The fraction of sp³-hybridized carbons (Fsp3) is 0.762. The molecule has 1 aliphatic rings. The molecule has 1 heterocycles. The van der Waals surface area contributed by atoms with Crippen molar-refractivity contribution in [1.29, 1.82) is 0 Å². The van der Waals surface area contributed by atoms with Crippen molar-refractivity contribution in [3.05, 3.63) is 24.3 Å². The minimum Gasteiger partial charge on any atom is -0.469 e. The van der Waals surface area contributed by atoms with Gasteiger partial charge in [-0.1, -0.05) is 44.1 Å². The number of unbranched alkanes of at least 4 members (excludes halogenated alkanes) is 3. The second-order valence-corrected chi connectivity index (χ2v) is 6.96. The number of methoxy groups -OCH3 is 1. The summed E-state index contributed by atoms with van der Waals surface area (Å²) in [6, 6.07) is 0. The summed E-state index contributed by atoms with van der Waals surface area (Å²) in [5.74, 6) is -0.271. The molecule has 1 rings (SSSR count). The van der Waals surface area contributed by atoms with Gasteiger partial charge in [-0.25, -0.2) is 0 Å². The van der Waals surface area contributed by atoms with Crippen molar-refractivity contribution in [1.82, 2.24) is 0 Å². The maximum atomic E-state index is 11.1. The van der Waals surface area contributed by atoms with Gasteiger partial charge in [-0.05, 0) is 38.5 Å². The highest BCUT2D eigenvalue weighted by molar-refractivity contribution is 5.68. The van der Waals surface area contributed by atoms with Gasteiger partial charge in [-0.2, -0.15) is 0 Å². The quantitative estimate of drug-likeness (QED) is 0.295. The second-order valence-electron chi connectivity index (χ2n) is 6.96. The molecular formula is C21H36O5. The van der Waals surface area contributed by atoms with Gasteiger partial charge >= 0.3 is 5.97 Å². The maximum absolute atomic E-state index is 11.1. The summed E-state index contributed by atoms with van der Waals surface area (Å²) in [5.41, 5.74) is 0. The van der Waals surface area contributed by atoms with Crippen LogP contribution in [0.25, 0.3) is 0 Å². The summed E-state index contributed by atoms with van der Waals surface area (Å²) in [6.45, 7) is 2.21. The molecule has 0 aromatic heterocycles. The molecule has 5 heteroatoms. The van der Waals surface area contributed by atoms with Gasteiger partial charge < -0.3 is 19.7 Å². The third kappa shape index (κ3) is 9.51. The molecule has 2 N–H and O–H groups in total. The predicted molar refractivity (Wildman–Crippen MR) is 103 cm³/mol. The van der Waals surface area contributed by atoms with E-state index in [9.17, 15) is 15.0 Å². The van der Waals surface area contributed by atoms with Gasteiger partial charge in [0.15, 0.2) is 0 Å². The molecule has 0 aromatic carbocycles. The number of carbonyl (C=O) groups is 1. The Morgan fingerprint density at radius 3 is 2.73 bits per heavy atom. The van der Waals surface area contributed by atoms with Gasteiger partial charge in [-0.15, -0.1) is 0 Å². The van der Waals surface area contributed by atoms with E-state index in [1.807, 2.05) is 6.08 Å². The first-order chi connectivity index (χ1) is 12.6. The third-order valence-corrected chi connectivity index (χ3v) is 4.74. The van der Waals surface area contributed by atoms with Gasteiger partial charge in [0, 0.05) is 12.8 Å². The molecule has 26 heavy (non-hydrogen) atoms. The molecular weight excluding hydrogens is 332 g/mol. The van der Waals surface area contributed by atoms with E-state index in [4.69, 9.17) is 4.74 Å². The minimum absolute atomic E-state index is 0.264. The first-order valence-electron chi connectivity index (χ1n) is 9.96. The molecule has 0 aliphatic carbocycles. The van der Waals surface area contributed by atoms with Gasteiger partial charge in [-0.3, -0.25) is 4.79 Å². The highest BCUT2D eigenvalue weighted by atomic mass is 16.5. The number of aliphatic hydroxyl groups is 2. The average molecular weight is 369 g/mol. The van der Waals surface area contributed by atoms with Crippen LogP contribution < -0.4 is 0 Å². The lowest BCUT2D eigenvalue weighted by Crippen LogP contribution is -2.26. The van der Waals surface area contributed by atoms with Crippen LogP contribution in [0.15, 0.2) is 24.3 Å². The zero-order valence-corrected chi connectivity index (χ0v) is 16.3. The molecule has 4 atom stereocenters. The number of hydrogen-bond donors (Lipinski definition) is 2. The van der Waals surface area contributed by atoms with E-state index in [1.165, 1.54) is 26.4 Å². The molecule has 0 radical (unpaired) electrons. The summed E-state index contributed by atoms with van der Waals surface area (Å²) in [4.78, 5) is 11.1. The largest absolute Gasteiger partial charge is 0.469 e. The fourth-order valence-corrected chi connectivity index (χ4v) is 3.10. The average Bonchev–Trinajstić information content (AvgIpc) is 3.01. The highest BCUT2D eigenvalue weighted by Gasteiger charge is 2.36. The van der Waals surface area contributed by atoms with E-state index >= 15 is 0 Å². The van der Waals surface area contributed by atoms with Crippen molar-refractivity contribution in [2.45, 2.75) is 95.5 Å². The van der Waals surface area contributed by atoms with E-state index in [2.05, 4.69) is 29.9 Å². The summed E-state index contributed by atoms with van der Waals surface area (Å²) in [6.07, 6.45) is 14.9. The molecule has 150 valence electrons. The van der Waals surface area contributed by atoms with E-state index in [1.54, 1.807) is 0 Å². The zero-order chi connectivity index (χ0) is 19.2. The zero-order valence-electron chi connectivity index (χ0n) is 16.3. The summed E-state index contributed by atoms with van der Waals surface area (Å²) in [5, 5.41) is 20.3. The molecule has 0 bridgehead atoms. The van der Waals surface area contributed by atoms with E-state index in [0.717, 1.165) is 12.8 Å². The predicted octanol–water partition coefficient (Wildman–Crippen LogP) is 3.68. The van der Waals surface area contributed by atoms with Crippen LogP contribution >= 0.6 is 0 Å². The second kappa shape index (κ2) is 14.0. The van der Waals surface area contributed by atoms with Crippen LogP contribution in [0.3, 0.4) is 0 Å². The van der Waals surface area contributed by atoms with Crippen molar-refractivity contribution in [2.75, 3.05) is 7.11 Å². The normalized spacial score (nSPS) is 24.5. The lowest BCUT2D eigenvalue weighted by atomic mass is 10.0. The number of allylic oxidation sites excluding steroid dienone is 3. The molecule has 1 saturated heterocycles. The van der Waals surface area contributed by atoms with Crippen molar-refractivity contribution in [3.8, 4) is 0 Å². The Morgan fingerprint density at radius 1 is 1.23 bits per heavy atom. The summed E-state index contributed by atoms with van der Waals surface area (Å²) >= 11 is 0. The molecule has 0 amide bonds. The van der Waals surface area contributed by atoms with Crippen molar-refractivity contribution in [3.63, 3.8) is 0 Å². The summed E-state index contributed by atoms with van der Waals surface area (Å²) < 4.78 is 10.4. The molecule has 0 spiro atoms. The lowest BCUT2D eigenvalue weighted by Gasteiger charge is -2.18. The Balaban J connectivity index is 2.20. The maximum Gasteiger partial charge on any atom is 0.305 e. The van der Waals surface area contributed by atoms with Gasteiger partial charge in [0.25, 0.3) is 0 Å². The van der Waals surface area contributed by atoms with E-state index in [0.29, 0.717) is 32.1 Å². The van der Waals surface area contributed by atoms with Gasteiger partial charge in [0.2, 0.25) is 0 Å². The monoisotopic (exact) mass is 368 g/mol. The molecule has 2 unspecified atom stereocenters. The Hall–Kier alpha value is -1.17. The van der Waals surface area contributed by atoms with Gasteiger partial charge in [0.1, 0.15) is 0 Å². The fourth-order valence-electron chi connectivity index (χ4n) is 3.10. The number of aliphatic hydroxyl groups excluding tert-OH is 2. The smallest absolute Gasteiger partial charge is 0.305 e. The number of ether oxygens (including phenoxy) is 2. The number of rotatable bonds is 13. The van der Waals surface area contributed by atoms with Crippen molar-refractivity contribution in [2.24, 2.45) is 0 Å². The van der Waals surface area contributed by atoms with Crippen LogP contribution in [0.4, 0.5) is 0 Å². The van der Waals surface area contributed by atoms with E-state index < -0.39 is 12.2 Å². The van der Waals surface area contributed by atoms with Crippen molar-refractivity contribution < 1.29 is 24.5 Å². The van der Waals surface area contributed by atoms with Crippen LogP contribution in [-0.2, 0) is 14.3 Å². The Morgan fingerprint density at radius 2 is 2.00 bits per heavy atom. The molecule has 0 saturated carbocycles. The van der Waals surface area contributed by atoms with Crippen LogP contribution in [-0.4, -0.2) is 47.7 Å². The van der Waals surface area contributed by atoms with Gasteiger partial charge in [0.05, 0.1) is 31.5 Å². The minimum atomic E-state index is -0.658. The number of esters is 1. The summed E-state index contributed by atoms with van der Waals surface area (Å²) in [7, 11) is 1.36. The standard InChI is InChI=1S/C21H36O5/c1-3-4-5-6-7-8-9-10-11-14-19-18(23)16-20(26-19)17(22)13-12-15-21(24)25-2/h7-8,10-11,17-20,22-23H,3-6,9,12-16H2,1-2H3/t17?,18?,19-,20-/m1/s1. The molecule has 5 nitrogen and oxygen atoms in total. The molecule has 0 aromatic rings. The lowest BCUT2D eigenvalue weighted by molar-refractivity contribution is -0.140. The Bertz CT molecular complexity index is 432. The van der Waals surface area contributed by atoms with Crippen LogP contribution in [0.1, 0.15) is 71.1 Å². The third-order valence-electron chi connectivity index (χ3n) is 4.74.